The van der Waals surface area contributed by atoms with E-state index in [1.54, 1.807) is 19.1 Å². The molecule has 3 heterocycles. The smallest absolute Gasteiger partial charge is 0.311 e. The zero-order chi connectivity index (χ0) is 19.2. The molecule has 0 spiro atoms. The van der Waals surface area contributed by atoms with Gasteiger partial charge in [-0.25, -0.2) is 14.1 Å². The van der Waals surface area contributed by atoms with Gasteiger partial charge < -0.3 is 14.7 Å². The second-order valence-corrected chi connectivity index (χ2v) is 7.04. The van der Waals surface area contributed by atoms with E-state index < -0.39 is 17.3 Å². The van der Waals surface area contributed by atoms with Crippen LogP contribution in [-0.2, 0) is 9.53 Å². The summed E-state index contributed by atoms with van der Waals surface area (Å²) in [5.41, 5.74) is -0.381. The van der Waals surface area contributed by atoms with E-state index in [0.717, 1.165) is 0 Å². The molecule has 2 saturated heterocycles. The van der Waals surface area contributed by atoms with Crippen LogP contribution in [0.3, 0.4) is 0 Å². The lowest BCUT2D eigenvalue weighted by Gasteiger charge is -2.33. The molecule has 1 aromatic heterocycles. The Labute approximate surface area is 154 Å². The maximum atomic E-state index is 13.1. The van der Waals surface area contributed by atoms with Gasteiger partial charge in [0, 0.05) is 25.6 Å². The Morgan fingerprint density at radius 2 is 2.07 bits per heavy atom. The molecule has 1 amide bonds. The number of carboxylic acid groups (broad SMARTS) is 1. The Balaban J connectivity index is 1.60. The fourth-order valence-electron chi connectivity index (χ4n) is 3.90. The summed E-state index contributed by atoms with van der Waals surface area (Å²) >= 11 is 0. The summed E-state index contributed by atoms with van der Waals surface area (Å²) in [6, 6.07) is 5.71. The van der Waals surface area contributed by atoms with Crippen LogP contribution >= 0.6 is 0 Å². The van der Waals surface area contributed by atoms with Gasteiger partial charge in [0.05, 0.1) is 17.7 Å². The van der Waals surface area contributed by atoms with Gasteiger partial charge in [-0.2, -0.15) is 0 Å². The highest BCUT2D eigenvalue weighted by Crippen LogP contribution is 2.42. The largest absolute Gasteiger partial charge is 0.481 e. The van der Waals surface area contributed by atoms with Crippen LogP contribution in [0, 0.1) is 24.1 Å². The van der Waals surface area contributed by atoms with Crippen molar-refractivity contribution in [2.24, 2.45) is 11.3 Å². The van der Waals surface area contributed by atoms with Crippen molar-refractivity contribution in [3.8, 4) is 5.69 Å². The molecule has 1 N–H and O–H groups in total. The first kappa shape index (κ1) is 17.6. The zero-order valence-electron chi connectivity index (χ0n) is 14.8. The third-order valence-corrected chi connectivity index (χ3v) is 5.45. The molecule has 8 nitrogen and oxygen atoms in total. The number of carboxylic acids is 1. The van der Waals surface area contributed by atoms with E-state index in [0.29, 0.717) is 37.7 Å². The van der Waals surface area contributed by atoms with Crippen molar-refractivity contribution in [3.05, 3.63) is 41.7 Å². The van der Waals surface area contributed by atoms with Crippen molar-refractivity contribution in [1.82, 2.24) is 19.7 Å². The summed E-state index contributed by atoms with van der Waals surface area (Å²) in [6.45, 7) is 2.83. The van der Waals surface area contributed by atoms with E-state index in [2.05, 4.69) is 10.1 Å². The van der Waals surface area contributed by atoms with E-state index in [4.69, 9.17) is 4.74 Å². The summed E-state index contributed by atoms with van der Waals surface area (Å²) < 4.78 is 20.0. The minimum atomic E-state index is -0.970. The van der Waals surface area contributed by atoms with Crippen LogP contribution in [0.25, 0.3) is 5.69 Å². The molecule has 142 valence electrons. The molecule has 2 aliphatic rings. The number of carbonyl (C=O) groups is 2. The maximum Gasteiger partial charge on any atom is 0.311 e. The highest BCUT2D eigenvalue weighted by molar-refractivity contribution is 5.91. The van der Waals surface area contributed by atoms with Gasteiger partial charge in [0.1, 0.15) is 11.6 Å². The lowest BCUT2D eigenvalue weighted by atomic mass is 9.74. The van der Waals surface area contributed by atoms with Crippen molar-refractivity contribution >= 4 is 11.9 Å². The summed E-state index contributed by atoms with van der Waals surface area (Å²) in [7, 11) is 0. The van der Waals surface area contributed by atoms with E-state index >= 15 is 0 Å². The number of fused-ring (bicyclic) bond motifs is 1. The Bertz CT molecular complexity index is 897. The molecule has 0 unspecified atom stereocenters. The number of benzene rings is 1. The molecule has 0 radical (unpaired) electrons. The summed E-state index contributed by atoms with van der Waals surface area (Å²) in [5.74, 6) is -1.43. The Kier molecular flexibility index (Phi) is 4.18. The molecule has 0 aliphatic carbocycles. The lowest BCUT2D eigenvalue weighted by Crippen LogP contribution is -2.45. The Hall–Kier alpha value is -2.81. The van der Waals surface area contributed by atoms with Crippen LogP contribution in [0.5, 0.6) is 0 Å². The van der Waals surface area contributed by atoms with Crippen molar-refractivity contribution in [1.29, 1.82) is 0 Å². The minimum Gasteiger partial charge on any atom is -0.481 e. The minimum absolute atomic E-state index is 0.00284. The number of likely N-dealkylation sites (tertiary alicyclic amines) is 1. The molecule has 27 heavy (non-hydrogen) atoms. The second kappa shape index (κ2) is 6.41. The topological polar surface area (TPSA) is 97.6 Å². The number of aliphatic carboxylic acids is 1. The first-order valence-electron chi connectivity index (χ1n) is 8.71. The number of halogens is 1. The lowest BCUT2D eigenvalue weighted by molar-refractivity contribution is -0.157. The Morgan fingerprint density at radius 3 is 2.74 bits per heavy atom. The number of ether oxygens (including phenoxy) is 1. The zero-order valence-corrected chi connectivity index (χ0v) is 14.8. The normalized spacial score (nSPS) is 24.7. The molecule has 2 aromatic rings. The van der Waals surface area contributed by atoms with Crippen LogP contribution < -0.4 is 0 Å². The van der Waals surface area contributed by atoms with Gasteiger partial charge in [-0.3, -0.25) is 9.59 Å². The molecule has 9 heteroatoms. The number of hydrogen-bond donors (Lipinski definition) is 1. The monoisotopic (exact) mass is 374 g/mol. The summed E-state index contributed by atoms with van der Waals surface area (Å²) in [5, 5.41) is 14.0. The van der Waals surface area contributed by atoms with Gasteiger partial charge in [0.25, 0.3) is 5.91 Å². The van der Waals surface area contributed by atoms with Gasteiger partial charge in [-0.05, 0) is 37.6 Å². The predicted molar refractivity (Wildman–Crippen MR) is 91.0 cm³/mol. The first-order chi connectivity index (χ1) is 12.9. The molecule has 1 aromatic carbocycles. The predicted octanol–water partition coefficient (Wildman–Crippen LogP) is 1.28. The van der Waals surface area contributed by atoms with Crippen LogP contribution in [0.1, 0.15) is 22.9 Å². The molecule has 0 bridgehead atoms. The van der Waals surface area contributed by atoms with Gasteiger partial charge >= 0.3 is 5.97 Å². The number of carbonyl (C=O) groups excluding carboxylic acids is 1. The van der Waals surface area contributed by atoms with Crippen LogP contribution in [0.4, 0.5) is 4.39 Å². The number of aromatic nitrogens is 3. The second-order valence-electron chi connectivity index (χ2n) is 7.04. The van der Waals surface area contributed by atoms with Crippen LogP contribution in [0.2, 0.25) is 0 Å². The van der Waals surface area contributed by atoms with E-state index in [1.165, 1.54) is 21.7 Å². The third-order valence-electron chi connectivity index (χ3n) is 5.45. The number of amides is 1. The molecule has 2 aliphatic heterocycles. The molecule has 2 fully saturated rings. The summed E-state index contributed by atoms with van der Waals surface area (Å²) in [6.07, 6.45) is 0.382. The highest BCUT2D eigenvalue weighted by atomic mass is 19.1. The van der Waals surface area contributed by atoms with Crippen molar-refractivity contribution in [3.63, 3.8) is 0 Å². The van der Waals surface area contributed by atoms with Gasteiger partial charge in [-0.1, -0.05) is 0 Å². The van der Waals surface area contributed by atoms with Crippen LogP contribution in [0.15, 0.2) is 24.3 Å². The molecular formula is C18H19FN4O4. The fraction of sp³-hybridized carbons (Fsp3) is 0.444. The van der Waals surface area contributed by atoms with Crippen LogP contribution in [-0.4, -0.2) is 63.0 Å². The Morgan fingerprint density at radius 1 is 1.33 bits per heavy atom. The van der Waals surface area contributed by atoms with E-state index in [1.807, 2.05) is 0 Å². The standard InChI is InChI=1S/C18H19FN4O4/c1-11-20-15(21-23(11)14-4-2-13(19)3-5-14)16(24)22-8-12-9-27-7-6-18(12,10-22)17(25)26/h2-5,12H,6-10H2,1H3,(H,25,26)/t12-,18+/m0/s1. The molecule has 2 atom stereocenters. The maximum absolute atomic E-state index is 13.1. The first-order valence-corrected chi connectivity index (χ1v) is 8.71. The van der Waals surface area contributed by atoms with Gasteiger partial charge in [0.2, 0.25) is 5.82 Å². The van der Waals surface area contributed by atoms with Crippen molar-refractivity contribution in [2.75, 3.05) is 26.3 Å². The molecule has 0 saturated carbocycles. The number of nitrogens with zero attached hydrogens (tertiary/aromatic N) is 4. The average molecular weight is 374 g/mol. The van der Waals surface area contributed by atoms with Crippen molar-refractivity contribution < 1.29 is 23.8 Å². The van der Waals surface area contributed by atoms with Gasteiger partial charge in [-0.15, -0.1) is 5.10 Å². The molecular weight excluding hydrogens is 355 g/mol. The summed E-state index contributed by atoms with van der Waals surface area (Å²) in [4.78, 5) is 30.5. The average Bonchev–Trinajstić information content (AvgIpc) is 3.23. The number of aryl methyl sites for hydroxylation is 1. The highest BCUT2D eigenvalue weighted by Gasteiger charge is 2.55. The molecule has 4 rings (SSSR count). The third kappa shape index (κ3) is 2.87. The SMILES string of the molecule is Cc1nc(C(=O)N2C[C@H]3COCC[C@@]3(C(=O)O)C2)nn1-c1ccc(F)cc1. The quantitative estimate of drug-likeness (QED) is 0.869. The van der Waals surface area contributed by atoms with Crippen molar-refractivity contribution in [2.45, 2.75) is 13.3 Å². The number of hydrogen-bond acceptors (Lipinski definition) is 5. The van der Waals surface area contributed by atoms with E-state index in [-0.39, 0.29) is 24.1 Å². The fourth-order valence-corrected chi connectivity index (χ4v) is 3.90. The number of rotatable bonds is 3. The van der Waals surface area contributed by atoms with Gasteiger partial charge in [0.15, 0.2) is 0 Å². The van der Waals surface area contributed by atoms with E-state index in [9.17, 15) is 19.1 Å².